The minimum Gasteiger partial charge on any atom is -0.412 e. The molecule has 9 nitrogen and oxygen atoms in total. The van der Waals surface area contributed by atoms with Crippen molar-refractivity contribution in [2.24, 2.45) is 0 Å². The molecular weight excluding hydrogens is 417 g/mol. The summed E-state index contributed by atoms with van der Waals surface area (Å²) in [5.41, 5.74) is 0.780. The quantitative estimate of drug-likeness (QED) is 0.225. The van der Waals surface area contributed by atoms with Gasteiger partial charge in [-0.15, -0.1) is 12.4 Å². The van der Waals surface area contributed by atoms with Gasteiger partial charge in [0.1, 0.15) is 24.4 Å². The molecule has 1 unspecified atom stereocenters. The monoisotopic (exact) mass is 447 g/mol. The lowest BCUT2D eigenvalue weighted by Crippen LogP contribution is -2.46. The van der Waals surface area contributed by atoms with E-state index >= 15 is 0 Å². The third-order valence-corrected chi connectivity index (χ3v) is 3.75. The zero-order valence-electron chi connectivity index (χ0n) is 15.6. The molecule has 28 heavy (non-hydrogen) atoms. The fourth-order valence-corrected chi connectivity index (χ4v) is 2.08. The predicted octanol–water partition coefficient (Wildman–Crippen LogP) is -1.41. The Hall–Kier alpha value is -0.850. The highest BCUT2D eigenvalue weighted by Gasteiger charge is 2.29. The summed E-state index contributed by atoms with van der Waals surface area (Å²) in [7, 11) is 0. The second-order valence-electron chi connectivity index (χ2n) is 5.96. The van der Waals surface area contributed by atoms with Gasteiger partial charge >= 0.3 is 0 Å². The Balaban J connectivity index is -0.000000422. The van der Waals surface area contributed by atoms with Gasteiger partial charge in [0.25, 0.3) is 0 Å². The molecule has 5 atom stereocenters. The van der Waals surface area contributed by atoms with E-state index < -0.39 is 37.1 Å². The lowest BCUT2D eigenvalue weighted by atomic mass is 10.0. The predicted molar refractivity (Wildman–Crippen MR) is 108 cm³/mol. The molecule has 0 aliphatic heterocycles. The molecule has 1 rings (SSSR count). The molecule has 0 heterocycles. The number of carbonyl (C=O) groups excluding carboxylic acids is 1. The Bertz CT molecular complexity index is 524. The third-order valence-electron chi connectivity index (χ3n) is 3.40. The minimum atomic E-state index is -1.79. The van der Waals surface area contributed by atoms with Gasteiger partial charge in [-0.25, -0.2) is 0 Å². The number of hydrogen-bond donors (Lipinski definition) is 7. The van der Waals surface area contributed by atoms with Crippen LogP contribution in [0.25, 0.3) is 0 Å². The van der Waals surface area contributed by atoms with Crippen LogP contribution >= 0.6 is 24.0 Å². The summed E-state index contributed by atoms with van der Waals surface area (Å²) in [4.78, 5) is 9.90. The first kappa shape index (κ1) is 31.8. The summed E-state index contributed by atoms with van der Waals surface area (Å²) in [6.07, 6.45) is -7.38. The Labute approximate surface area is 175 Å². The number of aldehydes is 1. The van der Waals surface area contributed by atoms with Crippen LogP contribution < -0.4 is 5.32 Å². The molecule has 0 fully saturated rings. The van der Waals surface area contributed by atoms with Crippen LogP contribution in [0.4, 0.5) is 0 Å². The summed E-state index contributed by atoms with van der Waals surface area (Å²) in [5, 5.41) is 57.1. The van der Waals surface area contributed by atoms with E-state index in [2.05, 4.69) is 5.32 Å². The molecule has 0 aliphatic rings. The summed E-state index contributed by atoms with van der Waals surface area (Å²) < 4.78 is 0. The van der Waals surface area contributed by atoms with Crippen molar-refractivity contribution in [1.29, 1.82) is 0 Å². The van der Waals surface area contributed by atoms with Gasteiger partial charge in [-0.05, 0) is 6.07 Å². The van der Waals surface area contributed by atoms with E-state index in [0.29, 0.717) is 17.6 Å². The highest BCUT2D eigenvalue weighted by molar-refractivity contribution is 6.31. The molecule has 0 amide bonds. The number of hydrogen-bond acceptors (Lipinski definition) is 8. The van der Waals surface area contributed by atoms with Gasteiger partial charge in [0, 0.05) is 23.2 Å². The summed E-state index contributed by atoms with van der Waals surface area (Å²) in [5.74, 6) is 0. The molecule has 9 N–H and O–H groups in total. The average molecular weight is 448 g/mol. The standard InChI is InChI=1S/C11H16ClNO.C6H12O6.ClH.H2O/c1-8(2)13-7-11(14)9-5-3-4-6-10(9)12;7-1-3(9)5(11)6(12)4(10)2-8;;/h3-6,8,11,13-14H,7H2,1-2H3;1,3-6,8-12H,2H2;1H;1H2/t;3-,4+,5+,6+;;/m.0../s1. The van der Waals surface area contributed by atoms with E-state index in [9.17, 15) is 9.90 Å². The molecule has 0 spiro atoms. The summed E-state index contributed by atoms with van der Waals surface area (Å²) in [6.45, 7) is 3.85. The van der Waals surface area contributed by atoms with Crippen LogP contribution in [0.1, 0.15) is 25.5 Å². The van der Waals surface area contributed by atoms with Crippen molar-refractivity contribution in [3.63, 3.8) is 0 Å². The fourth-order valence-electron chi connectivity index (χ4n) is 1.82. The van der Waals surface area contributed by atoms with Crippen LogP contribution in [0, 0.1) is 0 Å². The van der Waals surface area contributed by atoms with Crippen molar-refractivity contribution in [3.8, 4) is 0 Å². The lowest BCUT2D eigenvalue weighted by Gasteiger charge is -2.22. The van der Waals surface area contributed by atoms with Crippen molar-refractivity contribution in [2.75, 3.05) is 13.2 Å². The maximum Gasteiger partial charge on any atom is 0.151 e. The molecule has 0 saturated carbocycles. The van der Waals surface area contributed by atoms with E-state index in [4.69, 9.17) is 37.1 Å². The van der Waals surface area contributed by atoms with Crippen molar-refractivity contribution >= 4 is 30.3 Å². The van der Waals surface area contributed by atoms with E-state index in [1.165, 1.54) is 0 Å². The van der Waals surface area contributed by atoms with Gasteiger partial charge < -0.3 is 46.2 Å². The van der Waals surface area contributed by atoms with Gasteiger partial charge in [-0.3, -0.25) is 0 Å². The Morgan fingerprint density at radius 3 is 2.04 bits per heavy atom. The molecule has 0 aromatic heterocycles. The number of nitrogens with one attached hydrogen (secondary N) is 1. The molecule has 0 bridgehead atoms. The van der Waals surface area contributed by atoms with Crippen LogP contribution in [-0.4, -0.2) is 86.0 Å². The Morgan fingerprint density at radius 2 is 1.61 bits per heavy atom. The van der Waals surface area contributed by atoms with E-state index in [-0.39, 0.29) is 24.2 Å². The molecule has 11 heteroatoms. The number of halogens is 2. The maximum atomic E-state index is 9.90. The molecule has 1 aromatic rings. The zero-order valence-corrected chi connectivity index (χ0v) is 17.2. The smallest absolute Gasteiger partial charge is 0.151 e. The minimum absolute atomic E-state index is 0. The highest BCUT2D eigenvalue weighted by Crippen LogP contribution is 2.21. The first-order chi connectivity index (χ1) is 12.1. The molecule has 0 radical (unpaired) electrons. The van der Waals surface area contributed by atoms with Gasteiger partial charge in [-0.1, -0.05) is 43.6 Å². The van der Waals surface area contributed by atoms with Gasteiger partial charge in [0.05, 0.1) is 12.7 Å². The second-order valence-corrected chi connectivity index (χ2v) is 6.37. The van der Waals surface area contributed by atoms with Crippen LogP contribution in [0.2, 0.25) is 5.02 Å². The Kier molecular flexibility index (Phi) is 19.4. The first-order valence-electron chi connectivity index (χ1n) is 8.09. The van der Waals surface area contributed by atoms with E-state index in [1.54, 1.807) is 6.07 Å². The van der Waals surface area contributed by atoms with E-state index in [1.807, 2.05) is 32.0 Å². The van der Waals surface area contributed by atoms with Crippen LogP contribution in [-0.2, 0) is 4.79 Å². The molecule has 0 saturated heterocycles. The number of carbonyl (C=O) groups is 1. The largest absolute Gasteiger partial charge is 0.412 e. The normalized spacial score (nSPS) is 15.6. The fraction of sp³-hybridized carbons (Fsp3) is 0.588. The van der Waals surface area contributed by atoms with Gasteiger partial charge in [-0.2, -0.15) is 0 Å². The van der Waals surface area contributed by atoms with Crippen LogP contribution in [0.15, 0.2) is 24.3 Å². The average Bonchev–Trinajstić information content (AvgIpc) is 2.64. The van der Waals surface area contributed by atoms with Crippen molar-refractivity contribution in [1.82, 2.24) is 5.32 Å². The molecule has 0 aliphatic carbocycles. The highest BCUT2D eigenvalue weighted by atomic mass is 35.5. The van der Waals surface area contributed by atoms with Crippen molar-refractivity contribution in [2.45, 2.75) is 50.4 Å². The zero-order chi connectivity index (χ0) is 20.3. The Morgan fingerprint density at radius 1 is 1.07 bits per heavy atom. The lowest BCUT2D eigenvalue weighted by molar-refractivity contribution is -0.136. The molecule has 166 valence electrons. The third kappa shape index (κ3) is 11.9. The van der Waals surface area contributed by atoms with Gasteiger partial charge in [0.15, 0.2) is 6.29 Å². The maximum absolute atomic E-state index is 9.90. The molecular formula is C17H31Cl2NO8. The van der Waals surface area contributed by atoms with Crippen molar-refractivity contribution < 1.29 is 40.9 Å². The first-order valence-corrected chi connectivity index (χ1v) is 8.47. The topological polar surface area (TPSA) is 182 Å². The SMILES string of the molecule is CC(C)NCC(O)c1ccccc1Cl.Cl.O.O=C[C@H](O)[C@@H](O)[C@H](O)[C@H](O)CO. The number of benzene rings is 1. The number of aliphatic hydroxyl groups excluding tert-OH is 6. The number of rotatable bonds is 9. The molecule has 1 aromatic carbocycles. The van der Waals surface area contributed by atoms with Crippen molar-refractivity contribution in [3.05, 3.63) is 34.9 Å². The second kappa shape index (κ2) is 17.0. The summed E-state index contributed by atoms with van der Waals surface area (Å²) in [6, 6.07) is 7.73. The van der Waals surface area contributed by atoms with E-state index in [0.717, 1.165) is 5.56 Å². The van der Waals surface area contributed by atoms with Gasteiger partial charge in [0.2, 0.25) is 0 Å². The number of aliphatic hydroxyl groups is 6. The van der Waals surface area contributed by atoms with Crippen LogP contribution in [0.5, 0.6) is 0 Å². The summed E-state index contributed by atoms with van der Waals surface area (Å²) >= 11 is 5.95. The van der Waals surface area contributed by atoms with Crippen LogP contribution in [0.3, 0.4) is 0 Å².